The molecule has 3 aromatic rings. The average Bonchev–Trinajstić information content (AvgIpc) is 3.09. The van der Waals surface area contributed by atoms with Gasteiger partial charge in [-0.1, -0.05) is 59.9 Å². The van der Waals surface area contributed by atoms with Gasteiger partial charge in [-0.15, -0.1) is 0 Å². The minimum Gasteiger partial charge on any atom is -0.462 e. The summed E-state index contributed by atoms with van der Waals surface area (Å²) >= 11 is 1.13. The fourth-order valence-electron chi connectivity index (χ4n) is 2.76. The second-order valence-electron chi connectivity index (χ2n) is 6.43. The highest BCUT2D eigenvalue weighted by Gasteiger charge is 2.21. The number of hydrogen-bond acceptors (Lipinski definition) is 5. The van der Waals surface area contributed by atoms with Crippen molar-refractivity contribution in [2.24, 2.45) is 0 Å². The SMILES string of the molecule is CCOC(=O)c1sc(NC(=O)Cc2ccc(C)c(C)c2)nc1-c1ccccc1. The lowest BCUT2D eigenvalue weighted by Crippen LogP contribution is -2.14. The summed E-state index contributed by atoms with van der Waals surface area (Å²) in [5, 5.41) is 3.20. The van der Waals surface area contributed by atoms with Gasteiger partial charge in [-0.2, -0.15) is 0 Å². The van der Waals surface area contributed by atoms with Crippen LogP contribution in [0.4, 0.5) is 5.13 Å². The fraction of sp³-hybridized carbons (Fsp3) is 0.227. The Balaban J connectivity index is 1.82. The third kappa shape index (κ3) is 4.64. The number of rotatable bonds is 6. The number of amides is 1. The van der Waals surface area contributed by atoms with Gasteiger partial charge in [0.2, 0.25) is 5.91 Å². The van der Waals surface area contributed by atoms with Gasteiger partial charge < -0.3 is 10.1 Å². The number of nitrogens with one attached hydrogen (secondary N) is 1. The van der Waals surface area contributed by atoms with Crippen LogP contribution >= 0.6 is 11.3 Å². The lowest BCUT2D eigenvalue weighted by atomic mass is 10.0. The maximum atomic E-state index is 12.5. The summed E-state index contributed by atoms with van der Waals surface area (Å²) in [6.07, 6.45) is 0.246. The summed E-state index contributed by atoms with van der Waals surface area (Å²) in [7, 11) is 0. The van der Waals surface area contributed by atoms with Crippen molar-refractivity contribution in [1.82, 2.24) is 4.98 Å². The topological polar surface area (TPSA) is 68.3 Å². The molecule has 0 aliphatic heterocycles. The van der Waals surface area contributed by atoms with Crippen molar-refractivity contribution in [3.8, 4) is 11.3 Å². The molecular weight excluding hydrogens is 372 g/mol. The lowest BCUT2D eigenvalue weighted by Gasteiger charge is -2.05. The Morgan fingerprint density at radius 1 is 1.07 bits per heavy atom. The average molecular weight is 394 g/mol. The van der Waals surface area contributed by atoms with E-state index in [1.807, 2.05) is 62.4 Å². The monoisotopic (exact) mass is 394 g/mol. The number of ether oxygens (including phenoxy) is 1. The highest BCUT2D eigenvalue weighted by atomic mass is 32.1. The molecule has 5 nitrogen and oxygen atoms in total. The molecule has 0 saturated carbocycles. The van der Waals surface area contributed by atoms with Crippen LogP contribution in [0.5, 0.6) is 0 Å². The van der Waals surface area contributed by atoms with Gasteiger partial charge in [0.25, 0.3) is 0 Å². The van der Waals surface area contributed by atoms with Crippen molar-refractivity contribution in [3.05, 3.63) is 70.1 Å². The van der Waals surface area contributed by atoms with Crippen LogP contribution in [0.25, 0.3) is 11.3 Å². The molecule has 1 heterocycles. The Labute approximate surface area is 168 Å². The van der Waals surface area contributed by atoms with E-state index in [0.29, 0.717) is 15.7 Å². The van der Waals surface area contributed by atoms with Crippen LogP contribution in [0.15, 0.2) is 48.5 Å². The molecule has 144 valence electrons. The van der Waals surface area contributed by atoms with Gasteiger partial charge in [-0.3, -0.25) is 4.79 Å². The number of benzene rings is 2. The number of anilines is 1. The van der Waals surface area contributed by atoms with Crippen molar-refractivity contribution >= 4 is 28.3 Å². The minimum absolute atomic E-state index is 0.174. The molecule has 2 aromatic carbocycles. The molecule has 0 aliphatic carbocycles. The van der Waals surface area contributed by atoms with E-state index in [9.17, 15) is 9.59 Å². The second kappa shape index (κ2) is 8.80. The van der Waals surface area contributed by atoms with Crippen LogP contribution in [0, 0.1) is 13.8 Å². The third-order valence-corrected chi connectivity index (χ3v) is 5.27. The molecule has 1 amide bonds. The zero-order chi connectivity index (χ0) is 20.1. The second-order valence-corrected chi connectivity index (χ2v) is 7.43. The Morgan fingerprint density at radius 3 is 2.50 bits per heavy atom. The number of carbonyl (C=O) groups excluding carboxylic acids is 2. The molecule has 3 rings (SSSR count). The molecule has 28 heavy (non-hydrogen) atoms. The number of carbonyl (C=O) groups is 2. The zero-order valence-electron chi connectivity index (χ0n) is 16.1. The summed E-state index contributed by atoms with van der Waals surface area (Å²) in [5.74, 6) is -0.611. The molecule has 0 aliphatic rings. The summed E-state index contributed by atoms with van der Waals surface area (Å²) in [5.41, 5.74) is 4.60. The Hall–Kier alpha value is -2.99. The van der Waals surface area contributed by atoms with E-state index in [4.69, 9.17) is 4.74 Å². The van der Waals surface area contributed by atoms with Gasteiger partial charge >= 0.3 is 5.97 Å². The van der Waals surface area contributed by atoms with E-state index >= 15 is 0 Å². The van der Waals surface area contributed by atoms with Gasteiger partial charge in [-0.05, 0) is 37.5 Å². The predicted molar refractivity (Wildman–Crippen MR) is 112 cm³/mol. The number of esters is 1. The van der Waals surface area contributed by atoms with Crippen LogP contribution in [-0.4, -0.2) is 23.5 Å². The van der Waals surface area contributed by atoms with Gasteiger partial charge in [0.05, 0.1) is 18.7 Å². The molecule has 0 bridgehead atoms. The molecule has 0 spiro atoms. The highest BCUT2D eigenvalue weighted by molar-refractivity contribution is 7.18. The lowest BCUT2D eigenvalue weighted by molar-refractivity contribution is -0.115. The van der Waals surface area contributed by atoms with E-state index in [-0.39, 0.29) is 18.9 Å². The first kappa shape index (κ1) is 19.8. The quantitative estimate of drug-likeness (QED) is 0.611. The Bertz CT molecular complexity index is 996. The van der Waals surface area contributed by atoms with Crippen molar-refractivity contribution in [2.45, 2.75) is 27.2 Å². The molecule has 0 atom stereocenters. The summed E-state index contributed by atoms with van der Waals surface area (Å²) in [4.78, 5) is 29.7. The van der Waals surface area contributed by atoms with Crippen molar-refractivity contribution < 1.29 is 14.3 Å². The normalized spacial score (nSPS) is 10.5. The van der Waals surface area contributed by atoms with E-state index in [1.54, 1.807) is 6.92 Å². The largest absolute Gasteiger partial charge is 0.462 e. The summed E-state index contributed by atoms with van der Waals surface area (Å²) < 4.78 is 5.15. The van der Waals surface area contributed by atoms with E-state index < -0.39 is 5.97 Å². The first-order valence-corrected chi connectivity index (χ1v) is 9.89. The zero-order valence-corrected chi connectivity index (χ0v) is 16.9. The van der Waals surface area contributed by atoms with Gasteiger partial charge in [-0.25, -0.2) is 9.78 Å². The van der Waals surface area contributed by atoms with Crippen molar-refractivity contribution in [2.75, 3.05) is 11.9 Å². The molecule has 1 N–H and O–H groups in total. The number of aryl methyl sites for hydroxylation is 2. The number of aromatic nitrogens is 1. The Morgan fingerprint density at radius 2 is 1.82 bits per heavy atom. The van der Waals surface area contributed by atoms with Crippen molar-refractivity contribution in [3.63, 3.8) is 0 Å². The number of thiazole rings is 1. The minimum atomic E-state index is -0.437. The first-order valence-electron chi connectivity index (χ1n) is 9.07. The Kier molecular flexibility index (Phi) is 6.21. The van der Waals surface area contributed by atoms with Crippen LogP contribution in [0.2, 0.25) is 0 Å². The number of hydrogen-bond donors (Lipinski definition) is 1. The maximum Gasteiger partial charge on any atom is 0.350 e. The number of nitrogens with zero attached hydrogens (tertiary/aromatic N) is 1. The molecule has 1 aromatic heterocycles. The van der Waals surface area contributed by atoms with E-state index in [1.165, 1.54) is 5.56 Å². The van der Waals surface area contributed by atoms with E-state index in [2.05, 4.69) is 10.3 Å². The molecule has 0 fully saturated rings. The molecular formula is C22H22N2O3S. The standard InChI is InChI=1S/C22H22N2O3S/c1-4-27-21(26)20-19(17-8-6-5-7-9-17)24-22(28-20)23-18(25)13-16-11-10-14(2)15(3)12-16/h5-12H,4,13H2,1-3H3,(H,23,24,25). The van der Waals surface area contributed by atoms with Gasteiger partial charge in [0, 0.05) is 5.56 Å². The third-order valence-electron chi connectivity index (χ3n) is 4.32. The molecule has 0 unspecified atom stereocenters. The summed E-state index contributed by atoms with van der Waals surface area (Å²) in [6, 6.07) is 15.4. The van der Waals surface area contributed by atoms with Gasteiger partial charge in [0.1, 0.15) is 4.88 Å². The maximum absolute atomic E-state index is 12.5. The fourth-order valence-corrected chi connectivity index (χ4v) is 3.66. The highest BCUT2D eigenvalue weighted by Crippen LogP contribution is 2.32. The predicted octanol–water partition coefficient (Wildman–Crippen LogP) is 4.78. The molecule has 0 radical (unpaired) electrons. The van der Waals surface area contributed by atoms with E-state index in [0.717, 1.165) is 28.0 Å². The van der Waals surface area contributed by atoms with Gasteiger partial charge in [0.15, 0.2) is 5.13 Å². The molecule has 0 saturated heterocycles. The van der Waals surface area contributed by atoms with Crippen LogP contribution in [0.3, 0.4) is 0 Å². The summed E-state index contributed by atoms with van der Waals surface area (Å²) in [6.45, 7) is 6.10. The van der Waals surface area contributed by atoms with Crippen molar-refractivity contribution in [1.29, 1.82) is 0 Å². The molecule has 6 heteroatoms. The van der Waals surface area contributed by atoms with Crippen LogP contribution < -0.4 is 5.32 Å². The smallest absolute Gasteiger partial charge is 0.350 e. The van der Waals surface area contributed by atoms with Crippen LogP contribution in [-0.2, 0) is 16.0 Å². The van der Waals surface area contributed by atoms with Crippen LogP contribution in [0.1, 0.15) is 33.3 Å². The first-order chi connectivity index (χ1) is 13.5.